The normalized spacial score (nSPS) is 20.4. The molecule has 1 aliphatic rings. The number of rotatable bonds is 5. The highest BCUT2D eigenvalue weighted by atomic mass is 19.2. The first-order valence-electron chi connectivity index (χ1n) is 9.63. The molecule has 2 aromatic carbocycles. The molecule has 0 radical (unpaired) electrons. The van der Waals surface area contributed by atoms with E-state index in [-0.39, 0.29) is 11.3 Å². The van der Waals surface area contributed by atoms with Gasteiger partial charge < -0.3 is 4.74 Å². The monoisotopic (exact) mass is 368 g/mol. The third kappa shape index (κ3) is 4.47. The molecule has 3 heteroatoms. The highest BCUT2D eigenvalue weighted by Crippen LogP contribution is 2.37. The fourth-order valence-corrected chi connectivity index (χ4v) is 3.84. The van der Waals surface area contributed by atoms with Crippen molar-refractivity contribution in [2.75, 3.05) is 0 Å². The maximum Gasteiger partial charge on any atom is 0.201 e. The van der Waals surface area contributed by atoms with Crippen molar-refractivity contribution >= 4 is 0 Å². The Kier molecular flexibility index (Phi) is 6.44. The standard InChI is InChI=1S/C24H26F2O/c1-3-5-17-6-8-18(9-7-17)19-10-12-20(13-11-19)21-14-15-22(27-16-4-2)24(26)23(21)25/h3-5,10-18H,6-9H2,1-2H3. The van der Waals surface area contributed by atoms with Crippen LogP contribution in [0.3, 0.4) is 0 Å². The Hall–Kier alpha value is -2.42. The fraction of sp³-hybridized carbons (Fsp3) is 0.333. The lowest BCUT2D eigenvalue weighted by Gasteiger charge is -2.27. The predicted octanol–water partition coefficient (Wildman–Crippen LogP) is 7.39. The summed E-state index contributed by atoms with van der Waals surface area (Å²) in [6, 6.07) is 10.9. The van der Waals surface area contributed by atoms with Crippen molar-refractivity contribution in [1.82, 2.24) is 0 Å². The predicted molar refractivity (Wildman–Crippen MR) is 107 cm³/mol. The third-order valence-corrected chi connectivity index (χ3v) is 5.31. The molecule has 1 fully saturated rings. The zero-order valence-electron chi connectivity index (χ0n) is 15.9. The summed E-state index contributed by atoms with van der Waals surface area (Å²) in [6.45, 7) is 3.82. The molecule has 0 unspecified atom stereocenters. The molecule has 0 saturated heterocycles. The molecule has 27 heavy (non-hydrogen) atoms. The zero-order valence-corrected chi connectivity index (χ0v) is 15.9. The van der Waals surface area contributed by atoms with E-state index in [1.165, 1.54) is 43.6 Å². The van der Waals surface area contributed by atoms with Crippen LogP contribution in [0.5, 0.6) is 5.75 Å². The van der Waals surface area contributed by atoms with Crippen molar-refractivity contribution < 1.29 is 13.5 Å². The fourth-order valence-electron chi connectivity index (χ4n) is 3.84. The Balaban J connectivity index is 1.75. The molecule has 0 bridgehead atoms. The van der Waals surface area contributed by atoms with Crippen molar-refractivity contribution in [3.63, 3.8) is 0 Å². The molecule has 0 amide bonds. The molecule has 3 rings (SSSR count). The van der Waals surface area contributed by atoms with Gasteiger partial charge in [0.05, 0.1) is 6.26 Å². The van der Waals surface area contributed by atoms with Crippen LogP contribution >= 0.6 is 0 Å². The Morgan fingerprint density at radius 2 is 1.56 bits per heavy atom. The Labute approximate surface area is 160 Å². The van der Waals surface area contributed by atoms with Gasteiger partial charge in [-0.05, 0) is 74.6 Å². The van der Waals surface area contributed by atoms with Crippen LogP contribution in [0.2, 0.25) is 0 Å². The second-order valence-corrected chi connectivity index (χ2v) is 7.09. The van der Waals surface area contributed by atoms with Crippen LogP contribution in [-0.4, -0.2) is 0 Å². The van der Waals surface area contributed by atoms with Gasteiger partial charge in [-0.15, -0.1) is 0 Å². The highest BCUT2D eigenvalue weighted by Gasteiger charge is 2.21. The lowest BCUT2D eigenvalue weighted by Crippen LogP contribution is -2.11. The quantitative estimate of drug-likeness (QED) is 0.395. The molecule has 2 aromatic rings. The summed E-state index contributed by atoms with van der Waals surface area (Å²) in [5, 5.41) is 0. The van der Waals surface area contributed by atoms with Crippen molar-refractivity contribution in [2.24, 2.45) is 5.92 Å². The third-order valence-electron chi connectivity index (χ3n) is 5.31. The lowest BCUT2D eigenvalue weighted by atomic mass is 9.78. The largest absolute Gasteiger partial charge is 0.462 e. The van der Waals surface area contributed by atoms with Crippen LogP contribution in [-0.2, 0) is 0 Å². The van der Waals surface area contributed by atoms with Crippen LogP contribution in [0.15, 0.2) is 60.9 Å². The van der Waals surface area contributed by atoms with E-state index in [2.05, 4.69) is 31.2 Å². The summed E-state index contributed by atoms with van der Waals surface area (Å²) in [7, 11) is 0. The second-order valence-electron chi connectivity index (χ2n) is 7.09. The van der Waals surface area contributed by atoms with E-state index in [0.717, 1.165) is 0 Å². The minimum absolute atomic E-state index is 0.108. The molecular formula is C24H26F2O. The van der Waals surface area contributed by atoms with Gasteiger partial charge >= 0.3 is 0 Å². The topological polar surface area (TPSA) is 9.23 Å². The first-order valence-corrected chi connectivity index (χ1v) is 9.63. The van der Waals surface area contributed by atoms with Crippen LogP contribution in [0, 0.1) is 17.6 Å². The lowest BCUT2D eigenvalue weighted by molar-refractivity contribution is 0.376. The zero-order chi connectivity index (χ0) is 19.2. The van der Waals surface area contributed by atoms with E-state index in [4.69, 9.17) is 4.74 Å². The Bertz CT molecular complexity index is 813. The minimum Gasteiger partial charge on any atom is -0.462 e. The van der Waals surface area contributed by atoms with Gasteiger partial charge in [0.2, 0.25) is 5.82 Å². The van der Waals surface area contributed by atoms with E-state index in [9.17, 15) is 8.78 Å². The SMILES string of the molecule is CC=COc1ccc(-c2ccc(C3CCC(C=CC)CC3)cc2)c(F)c1F. The molecule has 1 nitrogen and oxygen atoms in total. The maximum atomic E-state index is 14.5. The average Bonchev–Trinajstić information content (AvgIpc) is 2.70. The van der Waals surface area contributed by atoms with Crippen molar-refractivity contribution in [2.45, 2.75) is 45.4 Å². The van der Waals surface area contributed by atoms with Gasteiger partial charge in [0.25, 0.3) is 0 Å². The Morgan fingerprint density at radius 3 is 2.19 bits per heavy atom. The van der Waals surface area contributed by atoms with Gasteiger partial charge in [0, 0.05) is 5.56 Å². The van der Waals surface area contributed by atoms with Gasteiger partial charge in [0.1, 0.15) is 0 Å². The van der Waals surface area contributed by atoms with Gasteiger partial charge in [-0.1, -0.05) is 42.5 Å². The van der Waals surface area contributed by atoms with Crippen LogP contribution in [0.1, 0.15) is 51.0 Å². The summed E-state index contributed by atoms with van der Waals surface area (Å²) in [5.41, 5.74) is 2.21. The van der Waals surface area contributed by atoms with Crippen molar-refractivity contribution in [3.05, 3.63) is 78.1 Å². The number of halogens is 2. The van der Waals surface area contributed by atoms with Crippen LogP contribution in [0.4, 0.5) is 8.78 Å². The van der Waals surface area contributed by atoms with E-state index in [1.54, 1.807) is 19.1 Å². The van der Waals surface area contributed by atoms with E-state index in [1.807, 2.05) is 12.1 Å². The molecule has 142 valence electrons. The molecule has 0 spiro atoms. The molecule has 1 saturated carbocycles. The van der Waals surface area contributed by atoms with E-state index < -0.39 is 11.6 Å². The van der Waals surface area contributed by atoms with Crippen LogP contribution < -0.4 is 4.74 Å². The van der Waals surface area contributed by atoms with Gasteiger partial charge in [0.15, 0.2) is 11.6 Å². The Morgan fingerprint density at radius 1 is 0.852 bits per heavy atom. The average molecular weight is 368 g/mol. The summed E-state index contributed by atoms with van der Waals surface area (Å²) in [5.74, 6) is -0.693. The maximum absolute atomic E-state index is 14.5. The number of benzene rings is 2. The van der Waals surface area contributed by atoms with Gasteiger partial charge in [-0.2, -0.15) is 4.39 Å². The molecule has 0 aliphatic heterocycles. The van der Waals surface area contributed by atoms with Crippen LogP contribution in [0.25, 0.3) is 11.1 Å². The first kappa shape index (κ1) is 19.3. The molecule has 0 N–H and O–H groups in total. The summed E-state index contributed by atoms with van der Waals surface area (Å²) in [6.07, 6.45) is 12.2. The molecule has 0 heterocycles. The summed E-state index contributed by atoms with van der Waals surface area (Å²) >= 11 is 0. The van der Waals surface area contributed by atoms with Gasteiger partial charge in [-0.25, -0.2) is 4.39 Å². The molecule has 1 aliphatic carbocycles. The second kappa shape index (κ2) is 8.98. The molecular weight excluding hydrogens is 342 g/mol. The van der Waals surface area contributed by atoms with Crippen molar-refractivity contribution in [1.29, 1.82) is 0 Å². The number of hydrogen-bond donors (Lipinski definition) is 0. The number of ether oxygens (including phenoxy) is 1. The highest BCUT2D eigenvalue weighted by molar-refractivity contribution is 5.65. The number of allylic oxidation sites excluding steroid dienone is 3. The molecule has 0 aromatic heterocycles. The smallest absolute Gasteiger partial charge is 0.201 e. The van der Waals surface area contributed by atoms with Crippen molar-refractivity contribution in [3.8, 4) is 16.9 Å². The summed E-state index contributed by atoms with van der Waals surface area (Å²) in [4.78, 5) is 0. The van der Waals surface area contributed by atoms with Gasteiger partial charge in [-0.3, -0.25) is 0 Å². The molecule has 0 atom stereocenters. The minimum atomic E-state index is -0.961. The first-order chi connectivity index (χ1) is 13.1. The number of hydrogen-bond acceptors (Lipinski definition) is 1. The van der Waals surface area contributed by atoms with E-state index >= 15 is 0 Å². The van der Waals surface area contributed by atoms with E-state index in [0.29, 0.717) is 17.4 Å². The summed E-state index contributed by atoms with van der Waals surface area (Å²) < 4.78 is 33.7.